The quantitative estimate of drug-likeness (QED) is 0.282. The van der Waals surface area contributed by atoms with Crippen molar-refractivity contribution in [3.8, 4) is 28.0 Å². The zero-order valence-electron chi connectivity index (χ0n) is 17.1. The van der Waals surface area contributed by atoms with Crippen LogP contribution in [-0.2, 0) is 5.75 Å². The number of hydrogen-bond acceptors (Lipinski definition) is 9. The first-order valence-corrected chi connectivity index (χ1v) is 12.6. The molecule has 0 unspecified atom stereocenters. The molecule has 4 aromatic rings. The van der Waals surface area contributed by atoms with Gasteiger partial charge in [0, 0.05) is 10.6 Å². The Labute approximate surface area is 202 Å². The summed E-state index contributed by atoms with van der Waals surface area (Å²) in [5.74, 6) is 1.95. The number of carbonyl (C=O) groups excluding carboxylic acids is 1. The van der Waals surface area contributed by atoms with Gasteiger partial charge in [-0.25, -0.2) is 0 Å². The molecule has 1 amide bonds. The van der Waals surface area contributed by atoms with Crippen LogP contribution in [-0.4, -0.2) is 29.3 Å². The first-order valence-electron chi connectivity index (χ1n) is 9.94. The van der Waals surface area contributed by atoms with Gasteiger partial charge < -0.3 is 9.47 Å². The summed E-state index contributed by atoms with van der Waals surface area (Å²) < 4.78 is 12.0. The van der Waals surface area contributed by atoms with Crippen molar-refractivity contribution in [1.82, 2.24) is 10.2 Å². The number of nitrogens with one attached hydrogen (secondary N) is 1. The molecule has 7 nitrogen and oxygen atoms in total. The van der Waals surface area contributed by atoms with Crippen LogP contribution in [0, 0.1) is 11.3 Å². The van der Waals surface area contributed by atoms with Gasteiger partial charge in [0.05, 0.1) is 16.5 Å². The van der Waals surface area contributed by atoms with Gasteiger partial charge >= 0.3 is 0 Å². The van der Waals surface area contributed by atoms with Gasteiger partial charge in [-0.1, -0.05) is 35.2 Å². The molecular formula is C23H16N4O3S3. The maximum absolute atomic E-state index is 12.7. The fourth-order valence-corrected chi connectivity index (χ4v) is 5.71. The minimum Gasteiger partial charge on any atom is -0.486 e. The minimum absolute atomic E-state index is 0.219. The van der Waals surface area contributed by atoms with Gasteiger partial charge in [-0.05, 0) is 53.6 Å². The molecule has 0 saturated carbocycles. The third kappa shape index (κ3) is 5.01. The molecule has 0 aliphatic carbocycles. The lowest BCUT2D eigenvalue weighted by molar-refractivity contribution is 0.103. The predicted molar refractivity (Wildman–Crippen MR) is 129 cm³/mol. The highest BCUT2D eigenvalue weighted by atomic mass is 32.2. The lowest BCUT2D eigenvalue weighted by atomic mass is 10.1. The van der Waals surface area contributed by atoms with E-state index in [-0.39, 0.29) is 5.91 Å². The highest BCUT2D eigenvalue weighted by Gasteiger charge is 2.16. The zero-order valence-corrected chi connectivity index (χ0v) is 19.6. The number of ether oxygens (including phenoxy) is 2. The molecule has 0 atom stereocenters. The third-order valence-corrected chi connectivity index (χ3v) is 7.90. The lowest BCUT2D eigenvalue weighted by Gasteiger charge is -2.18. The summed E-state index contributed by atoms with van der Waals surface area (Å²) in [5.41, 5.74) is 2.70. The zero-order chi connectivity index (χ0) is 22.6. The number of fused-ring (bicyclic) bond motifs is 1. The topological polar surface area (TPSA) is 97.1 Å². The van der Waals surface area contributed by atoms with E-state index in [1.807, 2.05) is 36.4 Å². The Morgan fingerprint density at radius 3 is 2.67 bits per heavy atom. The van der Waals surface area contributed by atoms with E-state index in [0.29, 0.717) is 34.5 Å². The summed E-state index contributed by atoms with van der Waals surface area (Å²) >= 11 is 4.27. The van der Waals surface area contributed by atoms with E-state index in [1.54, 1.807) is 18.2 Å². The van der Waals surface area contributed by atoms with Crippen molar-refractivity contribution in [2.75, 3.05) is 18.5 Å². The molecule has 5 rings (SSSR count). The van der Waals surface area contributed by atoms with Crippen LogP contribution in [0.1, 0.15) is 20.8 Å². The normalized spacial score (nSPS) is 12.2. The number of thiophene rings is 1. The van der Waals surface area contributed by atoms with Gasteiger partial charge in [-0.15, -0.1) is 21.5 Å². The number of benzene rings is 2. The average Bonchev–Trinajstić information content (AvgIpc) is 3.53. The van der Waals surface area contributed by atoms with Crippen LogP contribution in [0.25, 0.3) is 10.4 Å². The van der Waals surface area contributed by atoms with E-state index < -0.39 is 0 Å². The van der Waals surface area contributed by atoms with E-state index in [9.17, 15) is 4.79 Å². The molecule has 0 saturated heterocycles. The van der Waals surface area contributed by atoms with E-state index >= 15 is 0 Å². The van der Waals surface area contributed by atoms with Crippen LogP contribution in [0.5, 0.6) is 11.5 Å². The van der Waals surface area contributed by atoms with E-state index in [0.717, 1.165) is 31.8 Å². The number of aromatic nitrogens is 2. The number of nitriles is 1. The molecule has 33 heavy (non-hydrogen) atoms. The summed E-state index contributed by atoms with van der Waals surface area (Å²) in [4.78, 5) is 14.3. The second-order valence-corrected chi connectivity index (χ2v) is 10.2. The Morgan fingerprint density at radius 2 is 1.85 bits per heavy atom. The molecule has 2 aromatic carbocycles. The molecule has 164 valence electrons. The Balaban J connectivity index is 1.20. The van der Waals surface area contributed by atoms with Gasteiger partial charge in [0.2, 0.25) is 5.13 Å². The summed E-state index contributed by atoms with van der Waals surface area (Å²) in [6.45, 7) is 1.08. The van der Waals surface area contributed by atoms with E-state index in [1.165, 1.54) is 34.4 Å². The van der Waals surface area contributed by atoms with E-state index in [2.05, 4.69) is 21.6 Å². The largest absolute Gasteiger partial charge is 0.486 e. The predicted octanol–water partition coefficient (Wildman–Crippen LogP) is 5.45. The molecule has 0 bridgehead atoms. The summed E-state index contributed by atoms with van der Waals surface area (Å²) in [6, 6.07) is 19.0. The summed E-state index contributed by atoms with van der Waals surface area (Å²) in [5, 5.41) is 20.4. The van der Waals surface area contributed by atoms with Crippen LogP contribution in [0.3, 0.4) is 0 Å². The third-order valence-electron chi connectivity index (χ3n) is 4.73. The molecule has 1 aliphatic rings. The van der Waals surface area contributed by atoms with Gasteiger partial charge in [0.1, 0.15) is 13.2 Å². The van der Waals surface area contributed by atoms with Gasteiger partial charge in [-0.3, -0.25) is 10.1 Å². The Morgan fingerprint density at radius 1 is 1.03 bits per heavy atom. The average molecular weight is 493 g/mol. The summed E-state index contributed by atoms with van der Waals surface area (Å²) in [7, 11) is 0. The number of anilines is 1. The minimum atomic E-state index is -0.219. The molecule has 0 spiro atoms. The number of thioether (sulfide) groups is 1. The monoisotopic (exact) mass is 492 g/mol. The van der Waals surface area contributed by atoms with Crippen molar-refractivity contribution in [2.45, 2.75) is 10.1 Å². The second kappa shape index (κ2) is 9.62. The van der Waals surface area contributed by atoms with Gasteiger partial charge in [-0.2, -0.15) is 5.26 Å². The van der Waals surface area contributed by atoms with Crippen molar-refractivity contribution in [3.63, 3.8) is 0 Å². The molecule has 1 N–H and O–H groups in total. The number of carbonyl (C=O) groups is 1. The Kier molecular flexibility index (Phi) is 6.26. The first kappa shape index (κ1) is 21.5. The summed E-state index contributed by atoms with van der Waals surface area (Å²) in [6.07, 6.45) is 0. The lowest BCUT2D eigenvalue weighted by Crippen LogP contribution is -2.15. The standard InChI is InChI=1S/C23H16N4O3S3/c24-12-14-1-3-15(4-2-14)13-31-23-27-26-22(33-23)25-21(28)20-8-7-19(32-20)16-5-6-17-18(11-16)30-10-9-29-17/h1-8,11H,9-10,13H2,(H,25,26,28). The molecule has 10 heteroatoms. The van der Waals surface area contributed by atoms with Gasteiger partial charge in [0.15, 0.2) is 15.8 Å². The smallest absolute Gasteiger partial charge is 0.267 e. The molecule has 0 fully saturated rings. The number of amides is 1. The van der Waals surface area contributed by atoms with Crippen LogP contribution < -0.4 is 14.8 Å². The van der Waals surface area contributed by atoms with Crippen molar-refractivity contribution >= 4 is 45.5 Å². The number of nitrogens with zero attached hydrogens (tertiary/aromatic N) is 3. The molecule has 3 heterocycles. The highest BCUT2D eigenvalue weighted by molar-refractivity contribution is 8.00. The fraction of sp³-hybridized carbons (Fsp3) is 0.130. The van der Waals surface area contributed by atoms with Crippen LogP contribution in [0.4, 0.5) is 5.13 Å². The van der Waals surface area contributed by atoms with Crippen molar-refractivity contribution in [2.24, 2.45) is 0 Å². The van der Waals surface area contributed by atoms with Crippen LogP contribution >= 0.6 is 34.4 Å². The molecular weight excluding hydrogens is 476 g/mol. The van der Waals surface area contributed by atoms with Crippen molar-refractivity contribution in [3.05, 3.63) is 70.6 Å². The van der Waals surface area contributed by atoms with Crippen LogP contribution in [0.15, 0.2) is 58.9 Å². The molecule has 0 radical (unpaired) electrons. The number of rotatable bonds is 6. The van der Waals surface area contributed by atoms with Crippen molar-refractivity contribution < 1.29 is 14.3 Å². The first-order chi connectivity index (χ1) is 16.2. The highest BCUT2D eigenvalue weighted by Crippen LogP contribution is 2.37. The Bertz CT molecular complexity index is 1340. The maximum atomic E-state index is 12.7. The Hall–Kier alpha value is -3.39. The molecule has 1 aliphatic heterocycles. The van der Waals surface area contributed by atoms with Crippen molar-refractivity contribution in [1.29, 1.82) is 5.26 Å². The van der Waals surface area contributed by atoms with E-state index in [4.69, 9.17) is 14.7 Å². The van der Waals surface area contributed by atoms with Gasteiger partial charge in [0.25, 0.3) is 5.91 Å². The van der Waals surface area contributed by atoms with Crippen LogP contribution in [0.2, 0.25) is 0 Å². The second-order valence-electron chi connectivity index (χ2n) is 6.95. The number of hydrogen-bond donors (Lipinski definition) is 1. The maximum Gasteiger partial charge on any atom is 0.267 e. The fourth-order valence-electron chi connectivity index (χ4n) is 3.11. The SMILES string of the molecule is N#Cc1ccc(CSc2nnc(NC(=O)c3ccc(-c4ccc5c(c4)OCCO5)s3)s2)cc1. The molecule has 2 aromatic heterocycles.